The Bertz CT molecular complexity index is 850. The predicted octanol–water partition coefficient (Wildman–Crippen LogP) is 2.36. The summed E-state index contributed by atoms with van der Waals surface area (Å²) in [5.74, 6) is 0.224. The van der Waals surface area contributed by atoms with E-state index in [1.807, 2.05) is 20.8 Å². The molecule has 2 aromatic heterocycles. The number of nitrogens with zero attached hydrogens (tertiary/aromatic N) is 4. The second kappa shape index (κ2) is 6.63. The van der Waals surface area contributed by atoms with Crippen LogP contribution in [0.15, 0.2) is 23.3 Å². The van der Waals surface area contributed by atoms with Gasteiger partial charge in [-0.3, -0.25) is 9.55 Å². The molecule has 0 N–H and O–H groups in total. The standard InChI is InChI=1S/C17H21ClN4O3/c1-17(2,3)25-15(23)13-5-4-6-14-20-21(16(24)22(13)14)10-11-7-12(18)9-19-8-11/h7-9,13H,4-6,10H2,1-3H3/t13-/m0/s1. The Kier molecular flexibility index (Phi) is 4.69. The smallest absolute Gasteiger partial charge is 0.347 e. The molecule has 1 aliphatic rings. The highest BCUT2D eigenvalue weighted by Gasteiger charge is 2.33. The molecule has 0 amide bonds. The van der Waals surface area contributed by atoms with Crippen molar-refractivity contribution in [3.8, 4) is 0 Å². The van der Waals surface area contributed by atoms with E-state index in [0.717, 1.165) is 12.0 Å². The first-order chi connectivity index (χ1) is 11.7. The van der Waals surface area contributed by atoms with Crippen LogP contribution in [-0.2, 0) is 22.5 Å². The molecular weight excluding hydrogens is 344 g/mol. The molecule has 8 heteroatoms. The largest absolute Gasteiger partial charge is 0.458 e. The molecule has 134 valence electrons. The number of pyridine rings is 1. The number of carbonyl (C=O) groups is 1. The summed E-state index contributed by atoms with van der Waals surface area (Å²) in [6.45, 7) is 5.69. The molecule has 0 saturated heterocycles. The van der Waals surface area contributed by atoms with E-state index in [1.165, 1.54) is 15.4 Å². The fraction of sp³-hybridized carbons (Fsp3) is 0.529. The van der Waals surface area contributed by atoms with Gasteiger partial charge in [-0.1, -0.05) is 11.6 Å². The SMILES string of the molecule is CC(C)(C)OC(=O)[C@@H]1CCCc2nn(Cc3cncc(Cl)c3)c(=O)n21. The van der Waals surface area contributed by atoms with Crippen molar-refractivity contribution in [3.63, 3.8) is 0 Å². The molecule has 1 aliphatic heterocycles. The number of hydrogen-bond donors (Lipinski definition) is 0. The van der Waals surface area contributed by atoms with Gasteiger partial charge < -0.3 is 4.74 Å². The molecule has 2 aromatic rings. The summed E-state index contributed by atoms with van der Waals surface area (Å²) in [4.78, 5) is 29.3. The Hall–Kier alpha value is -2.15. The average molecular weight is 365 g/mol. The zero-order valence-electron chi connectivity index (χ0n) is 14.5. The fourth-order valence-corrected chi connectivity index (χ4v) is 3.14. The van der Waals surface area contributed by atoms with Crippen molar-refractivity contribution in [3.05, 3.63) is 45.4 Å². The van der Waals surface area contributed by atoms with Crippen LogP contribution in [-0.4, -0.2) is 30.9 Å². The first-order valence-electron chi connectivity index (χ1n) is 8.25. The van der Waals surface area contributed by atoms with E-state index < -0.39 is 11.6 Å². The molecule has 3 rings (SSSR count). The number of aromatic nitrogens is 4. The second-order valence-electron chi connectivity index (χ2n) is 7.18. The minimum absolute atomic E-state index is 0.257. The van der Waals surface area contributed by atoms with E-state index in [-0.39, 0.29) is 18.2 Å². The van der Waals surface area contributed by atoms with E-state index in [4.69, 9.17) is 16.3 Å². The molecule has 0 spiro atoms. The van der Waals surface area contributed by atoms with E-state index in [2.05, 4.69) is 10.1 Å². The van der Waals surface area contributed by atoms with Crippen molar-refractivity contribution >= 4 is 17.6 Å². The Morgan fingerprint density at radius 2 is 2.16 bits per heavy atom. The van der Waals surface area contributed by atoms with Crippen LogP contribution >= 0.6 is 11.6 Å². The van der Waals surface area contributed by atoms with Crippen LogP contribution in [0.5, 0.6) is 0 Å². The highest BCUT2D eigenvalue weighted by atomic mass is 35.5. The molecule has 3 heterocycles. The molecule has 0 bridgehead atoms. The lowest BCUT2D eigenvalue weighted by Crippen LogP contribution is -2.38. The maximum atomic E-state index is 12.8. The van der Waals surface area contributed by atoms with Crippen LogP contribution < -0.4 is 5.69 Å². The molecule has 0 fully saturated rings. The highest BCUT2D eigenvalue weighted by molar-refractivity contribution is 6.30. The van der Waals surface area contributed by atoms with Gasteiger partial charge in [0.1, 0.15) is 17.5 Å². The second-order valence-corrected chi connectivity index (χ2v) is 7.62. The van der Waals surface area contributed by atoms with Crippen molar-refractivity contribution < 1.29 is 9.53 Å². The van der Waals surface area contributed by atoms with Gasteiger partial charge in [0.15, 0.2) is 0 Å². The van der Waals surface area contributed by atoms with Crippen molar-refractivity contribution in [1.29, 1.82) is 0 Å². The number of esters is 1. The predicted molar refractivity (Wildman–Crippen MR) is 92.7 cm³/mol. The van der Waals surface area contributed by atoms with Crippen LogP contribution in [0.1, 0.15) is 51.0 Å². The third-order valence-corrected chi connectivity index (χ3v) is 4.11. The maximum absolute atomic E-state index is 12.8. The minimum atomic E-state index is -0.623. The monoisotopic (exact) mass is 364 g/mol. The van der Waals surface area contributed by atoms with Crippen LogP contribution in [0.4, 0.5) is 0 Å². The Balaban J connectivity index is 1.91. The van der Waals surface area contributed by atoms with Crippen LogP contribution in [0.25, 0.3) is 0 Å². The third kappa shape index (κ3) is 3.92. The Labute approximate surface area is 150 Å². The van der Waals surface area contributed by atoms with Gasteiger partial charge in [-0.25, -0.2) is 14.3 Å². The van der Waals surface area contributed by atoms with Crippen molar-refractivity contribution in [1.82, 2.24) is 19.3 Å². The van der Waals surface area contributed by atoms with E-state index >= 15 is 0 Å². The van der Waals surface area contributed by atoms with E-state index in [0.29, 0.717) is 23.7 Å². The fourth-order valence-electron chi connectivity index (χ4n) is 2.94. The molecule has 0 unspecified atom stereocenters. The first kappa shape index (κ1) is 17.7. The average Bonchev–Trinajstić information content (AvgIpc) is 2.82. The van der Waals surface area contributed by atoms with Crippen LogP contribution in [0.3, 0.4) is 0 Å². The van der Waals surface area contributed by atoms with Crippen LogP contribution in [0.2, 0.25) is 5.02 Å². The number of aryl methyl sites for hydroxylation is 1. The summed E-state index contributed by atoms with van der Waals surface area (Å²) in [6.07, 6.45) is 5.20. The van der Waals surface area contributed by atoms with Gasteiger partial charge in [0.05, 0.1) is 11.6 Å². The third-order valence-electron chi connectivity index (χ3n) is 3.90. The lowest BCUT2D eigenvalue weighted by atomic mass is 10.0. The van der Waals surface area contributed by atoms with Gasteiger partial charge in [-0.05, 0) is 45.2 Å². The first-order valence-corrected chi connectivity index (χ1v) is 8.63. The number of carbonyl (C=O) groups excluding carboxylic acids is 1. The molecule has 1 atom stereocenters. The summed E-state index contributed by atoms with van der Waals surface area (Å²) in [5.41, 5.74) is -0.134. The zero-order chi connectivity index (χ0) is 18.2. The molecular formula is C17H21ClN4O3. The minimum Gasteiger partial charge on any atom is -0.458 e. The van der Waals surface area contributed by atoms with E-state index in [9.17, 15) is 9.59 Å². The topological polar surface area (TPSA) is 79.0 Å². The number of fused-ring (bicyclic) bond motifs is 1. The summed E-state index contributed by atoms with van der Waals surface area (Å²) < 4.78 is 8.29. The van der Waals surface area contributed by atoms with Crippen LogP contribution in [0, 0.1) is 0 Å². The summed E-state index contributed by atoms with van der Waals surface area (Å²) in [5, 5.41) is 4.89. The van der Waals surface area contributed by atoms with Crippen molar-refractivity contribution in [2.45, 2.75) is 58.2 Å². The quantitative estimate of drug-likeness (QED) is 0.781. The van der Waals surface area contributed by atoms with Gasteiger partial charge in [-0.2, -0.15) is 5.10 Å². The number of hydrogen-bond acceptors (Lipinski definition) is 5. The highest BCUT2D eigenvalue weighted by Crippen LogP contribution is 2.25. The lowest BCUT2D eigenvalue weighted by Gasteiger charge is -2.26. The van der Waals surface area contributed by atoms with Gasteiger partial charge in [-0.15, -0.1) is 0 Å². The maximum Gasteiger partial charge on any atom is 0.347 e. The molecule has 7 nitrogen and oxygen atoms in total. The molecule has 0 aliphatic carbocycles. The van der Waals surface area contributed by atoms with Gasteiger partial charge in [0.25, 0.3) is 0 Å². The number of ether oxygens (including phenoxy) is 1. The van der Waals surface area contributed by atoms with Gasteiger partial charge >= 0.3 is 11.7 Å². The van der Waals surface area contributed by atoms with Crippen molar-refractivity contribution in [2.24, 2.45) is 0 Å². The molecule has 0 aromatic carbocycles. The summed E-state index contributed by atoms with van der Waals surface area (Å²) >= 11 is 5.94. The number of halogens is 1. The Morgan fingerprint density at radius 3 is 2.84 bits per heavy atom. The summed E-state index contributed by atoms with van der Waals surface area (Å²) in [7, 11) is 0. The van der Waals surface area contributed by atoms with Crippen molar-refractivity contribution in [2.75, 3.05) is 0 Å². The molecule has 0 saturated carbocycles. The normalized spacial score (nSPS) is 17.2. The number of rotatable bonds is 3. The van der Waals surface area contributed by atoms with Gasteiger partial charge in [0.2, 0.25) is 0 Å². The Morgan fingerprint density at radius 1 is 1.40 bits per heavy atom. The molecule has 0 radical (unpaired) electrons. The van der Waals surface area contributed by atoms with Gasteiger partial charge in [0, 0.05) is 18.8 Å². The zero-order valence-corrected chi connectivity index (χ0v) is 15.3. The lowest BCUT2D eigenvalue weighted by molar-refractivity contribution is -0.159. The molecule has 25 heavy (non-hydrogen) atoms. The van der Waals surface area contributed by atoms with E-state index in [1.54, 1.807) is 12.3 Å². The summed E-state index contributed by atoms with van der Waals surface area (Å²) in [6, 6.07) is 1.12.